The minimum Gasteiger partial charge on any atom is -0.481 e. The van der Waals surface area contributed by atoms with Gasteiger partial charge in [0.1, 0.15) is 0 Å². The smallest absolute Gasteiger partial charge is 0.303 e. The molecule has 3 nitrogen and oxygen atoms in total. The minimum absolute atomic E-state index is 0.0473. The van der Waals surface area contributed by atoms with Crippen molar-refractivity contribution < 1.29 is 14.7 Å². The number of carboxylic acid groups (broad SMARTS) is 1. The molecule has 2 aromatic rings. The van der Waals surface area contributed by atoms with Crippen molar-refractivity contribution in [3.05, 3.63) is 47.0 Å². The molecule has 0 spiro atoms. The number of carboxylic acids is 1. The number of benzene rings is 2. The van der Waals surface area contributed by atoms with Crippen LogP contribution in [0.3, 0.4) is 0 Å². The average Bonchev–Trinajstić information content (AvgIpc) is 2.36. The number of hydrogen-bond acceptors (Lipinski definition) is 2. The van der Waals surface area contributed by atoms with Gasteiger partial charge in [-0.3, -0.25) is 9.59 Å². The highest BCUT2D eigenvalue weighted by Gasteiger charge is 2.09. The van der Waals surface area contributed by atoms with Gasteiger partial charge in [-0.1, -0.05) is 24.3 Å². The van der Waals surface area contributed by atoms with Crippen LogP contribution in [0.2, 0.25) is 0 Å². The molecule has 0 radical (unpaired) electrons. The van der Waals surface area contributed by atoms with Crippen molar-refractivity contribution in [3.8, 4) is 0 Å². The van der Waals surface area contributed by atoms with Crippen molar-refractivity contribution in [1.29, 1.82) is 0 Å². The fourth-order valence-electron chi connectivity index (χ4n) is 2.06. The van der Waals surface area contributed by atoms with Crippen LogP contribution in [0.25, 0.3) is 10.8 Å². The normalized spacial score (nSPS) is 10.6. The van der Waals surface area contributed by atoms with Crippen LogP contribution in [0, 0.1) is 13.8 Å². The van der Waals surface area contributed by atoms with Gasteiger partial charge in [-0.25, -0.2) is 0 Å². The van der Waals surface area contributed by atoms with E-state index in [-0.39, 0.29) is 18.6 Å². The highest BCUT2D eigenvalue weighted by Crippen LogP contribution is 2.21. The number of hydrogen-bond donors (Lipinski definition) is 1. The van der Waals surface area contributed by atoms with E-state index in [2.05, 4.69) is 19.1 Å². The molecule has 19 heavy (non-hydrogen) atoms. The topological polar surface area (TPSA) is 54.4 Å². The zero-order valence-corrected chi connectivity index (χ0v) is 11.1. The van der Waals surface area contributed by atoms with E-state index >= 15 is 0 Å². The van der Waals surface area contributed by atoms with Crippen LogP contribution in [0.5, 0.6) is 0 Å². The lowest BCUT2D eigenvalue weighted by Gasteiger charge is -2.06. The van der Waals surface area contributed by atoms with Crippen LogP contribution in [0.1, 0.15) is 34.3 Å². The molecule has 0 amide bonds. The molecule has 0 fully saturated rings. The number of fused-ring (bicyclic) bond motifs is 1. The Morgan fingerprint density at radius 1 is 0.947 bits per heavy atom. The molecule has 0 atom stereocenters. The van der Waals surface area contributed by atoms with E-state index in [1.807, 2.05) is 19.1 Å². The predicted octanol–water partition coefficient (Wildman–Crippen LogP) is 3.50. The highest BCUT2D eigenvalue weighted by molar-refractivity contribution is 6.01. The van der Waals surface area contributed by atoms with E-state index in [9.17, 15) is 9.59 Å². The maximum Gasteiger partial charge on any atom is 0.303 e. The summed E-state index contributed by atoms with van der Waals surface area (Å²) >= 11 is 0. The molecule has 0 aliphatic heterocycles. The molecule has 1 N–H and O–H groups in total. The Balaban J connectivity index is 2.33. The first-order chi connectivity index (χ1) is 8.97. The molecular formula is C16H16O3. The summed E-state index contributed by atoms with van der Waals surface area (Å²) in [5.74, 6) is -1.07. The summed E-state index contributed by atoms with van der Waals surface area (Å²) in [6.07, 6.45) is -0.0739. The summed E-state index contributed by atoms with van der Waals surface area (Å²) in [5, 5.41) is 10.7. The molecular weight excluding hydrogens is 240 g/mol. The second kappa shape index (κ2) is 5.22. The number of carbonyl (C=O) groups excluding carboxylic acids is 1. The second-order valence-corrected chi connectivity index (χ2v) is 4.82. The van der Waals surface area contributed by atoms with Gasteiger partial charge in [0.2, 0.25) is 0 Å². The largest absolute Gasteiger partial charge is 0.481 e. The van der Waals surface area contributed by atoms with Gasteiger partial charge in [-0.05, 0) is 41.8 Å². The zero-order chi connectivity index (χ0) is 14.0. The SMILES string of the molecule is Cc1cc2ccc(C(=O)CCC(=O)O)cc2cc1C. The van der Waals surface area contributed by atoms with Crippen LogP contribution >= 0.6 is 0 Å². The molecule has 0 aromatic heterocycles. The summed E-state index contributed by atoms with van der Waals surface area (Å²) < 4.78 is 0. The maximum absolute atomic E-state index is 11.9. The molecule has 2 aromatic carbocycles. The third kappa shape index (κ3) is 2.99. The molecule has 0 saturated carbocycles. The van der Waals surface area contributed by atoms with Crippen molar-refractivity contribution in [1.82, 2.24) is 0 Å². The molecule has 2 rings (SSSR count). The Morgan fingerprint density at radius 3 is 2.21 bits per heavy atom. The van der Waals surface area contributed by atoms with Gasteiger partial charge in [0.05, 0.1) is 6.42 Å². The van der Waals surface area contributed by atoms with Crippen LogP contribution in [0.4, 0.5) is 0 Å². The molecule has 98 valence electrons. The lowest BCUT2D eigenvalue weighted by atomic mass is 9.98. The van der Waals surface area contributed by atoms with Gasteiger partial charge in [0.25, 0.3) is 0 Å². The fraction of sp³-hybridized carbons (Fsp3) is 0.250. The number of rotatable bonds is 4. The predicted molar refractivity (Wildman–Crippen MR) is 74.6 cm³/mol. The molecule has 0 aliphatic carbocycles. The van der Waals surface area contributed by atoms with Crippen LogP contribution in [0.15, 0.2) is 30.3 Å². The van der Waals surface area contributed by atoms with Crippen molar-refractivity contribution in [2.75, 3.05) is 0 Å². The second-order valence-electron chi connectivity index (χ2n) is 4.82. The molecule has 0 bridgehead atoms. The lowest BCUT2D eigenvalue weighted by molar-refractivity contribution is -0.136. The number of carbonyl (C=O) groups is 2. The van der Waals surface area contributed by atoms with Crippen molar-refractivity contribution >= 4 is 22.5 Å². The standard InChI is InChI=1S/C16H16O3/c1-10-7-12-3-4-13(9-14(12)8-11(10)2)15(17)5-6-16(18)19/h3-4,7-9H,5-6H2,1-2H3,(H,18,19). The lowest BCUT2D eigenvalue weighted by Crippen LogP contribution is -2.03. The fourth-order valence-corrected chi connectivity index (χ4v) is 2.06. The van der Waals surface area contributed by atoms with E-state index in [0.29, 0.717) is 5.56 Å². The van der Waals surface area contributed by atoms with Crippen molar-refractivity contribution in [2.45, 2.75) is 26.7 Å². The quantitative estimate of drug-likeness (QED) is 0.852. The summed E-state index contributed by atoms with van der Waals surface area (Å²) in [4.78, 5) is 22.4. The Labute approximate surface area is 111 Å². The van der Waals surface area contributed by atoms with Crippen LogP contribution in [-0.2, 0) is 4.79 Å². The van der Waals surface area contributed by atoms with Gasteiger partial charge in [-0.2, -0.15) is 0 Å². The van der Waals surface area contributed by atoms with Gasteiger partial charge in [0, 0.05) is 12.0 Å². The average molecular weight is 256 g/mol. The first-order valence-corrected chi connectivity index (χ1v) is 6.23. The third-order valence-electron chi connectivity index (χ3n) is 3.34. The zero-order valence-electron chi connectivity index (χ0n) is 11.1. The van der Waals surface area contributed by atoms with Crippen molar-refractivity contribution in [3.63, 3.8) is 0 Å². The Hall–Kier alpha value is -2.16. The number of aryl methyl sites for hydroxylation is 2. The number of ketones is 1. The molecule has 0 unspecified atom stereocenters. The van der Waals surface area contributed by atoms with E-state index < -0.39 is 5.97 Å². The monoisotopic (exact) mass is 256 g/mol. The highest BCUT2D eigenvalue weighted by atomic mass is 16.4. The minimum atomic E-state index is -0.944. The summed E-state index contributed by atoms with van der Waals surface area (Å²) in [6.45, 7) is 4.09. The van der Waals surface area contributed by atoms with Crippen LogP contribution in [-0.4, -0.2) is 16.9 Å². The van der Waals surface area contributed by atoms with Gasteiger partial charge in [0.15, 0.2) is 5.78 Å². The van der Waals surface area contributed by atoms with E-state index in [0.717, 1.165) is 10.8 Å². The number of Topliss-reactive ketones (excluding diaryl/α,β-unsaturated/α-hetero) is 1. The van der Waals surface area contributed by atoms with Crippen molar-refractivity contribution in [2.24, 2.45) is 0 Å². The van der Waals surface area contributed by atoms with E-state index in [4.69, 9.17) is 5.11 Å². The molecule has 0 saturated heterocycles. The van der Waals surface area contributed by atoms with Gasteiger partial charge in [-0.15, -0.1) is 0 Å². The molecule has 0 aliphatic rings. The first kappa shape index (κ1) is 13.3. The summed E-state index contributed by atoms with van der Waals surface area (Å²) in [6, 6.07) is 9.66. The van der Waals surface area contributed by atoms with E-state index in [1.54, 1.807) is 6.07 Å². The Kier molecular flexibility index (Phi) is 3.65. The van der Waals surface area contributed by atoms with Gasteiger partial charge >= 0.3 is 5.97 Å². The molecule has 3 heteroatoms. The molecule has 0 heterocycles. The maximum atomic E-state index is 11.9. The van der Waals surface area contributed by atoms with E-state index in [1.165, 1.54) is 11.1 Å². The summed E-state index contributed by atoms with van der Waals surface area (Å²) in [5.41, 5.74) is 2.98. The third-order valence-corrected chi connectivity index (χ3v) is 3.34. The Morgan fingerprint density at radius 2 is 1.58 bits per heavy atom. The first-order valence-electron chi connectivity index (χ1n) is 6.23. The Bertz CT molecular complexity index is 656. The number of aliphatic carboxylic acids is 1. The van der Waals surface area contributed by atoms with Gasteiger partial charge < -0.3 is 5.11 Å². The summed E-state index contributed by atoms with van der Waals surface area (Å²) in [7, 11) is 0. The van der Waals surface area contributed by atoms with Crippen LogP contribution < -0.4 is 0 Å².